The number of pyridine rings is 1. The molecule has 0 aromatic carbocycles. The molecular formula is C14H21N3O. The van der Waals surface area contributed by atoms with Gasteiger partial charge < -0.3 is 15.0 Å². The zero-order valence-electron chi connectivity index (χ0n) is 10.8. The maximum absolute atomic E-state index is 5.91. The minimum atomic E-state index is 0.286. The molecule has 3 heterocycles. The average molecular weight is 247 g/mol. The molecule has 4 heteroatoms. The van der Waals surface area contributed by atoms with Crippen LogP contribution in [0.25, 0.3) is 0 Å². The molecule has 98 valence electrons. The fourth-order valence-corrected chi connectivity index (χ4v) is 2.67. The predicted molar refractivity (Wildman–Crippen MR) is 72.2 cm³/mol. The molecule has 18 heavy (non-hydrogen) atoms. The lowest BCUT2D eigenvalue weighted by Gasteiger charge is -2.28. The van der Waals surface area contributed by atoms with Gasteiger partial charge >= 0.3 is 0 Å². The molecule has 4 nitrogen and oxygen atoms in total. The van der Waals surface area contributed by atoms with Crippen LogP contribution in [0.5, 0.6) is 5.88 Å². The van der Waals surface area contributed by atoms with Crippen LogP contribution in [0.1, 0.15) is 25.7 Å². The highest BCUT2D eigenvalue weighted by Gasteiger charge is 2.17. The van der Waals surface area contributed by atoms with Crippen LogP contribution >= 0.6 is 0 Å². The van der Waals surface area contributed by atoms with Crippen molar-refractivity contribution in [3.8, 4) is 5.88 Å². The second kappa shape index (κ2) is 5.57. The summed E-state index contributed by atoms with van der Waals surface area (Å²) in [6.07, 6.45) is 5.27. The van der Waals surface area contributed by atoms with Gasteiger partial charge in [0.2, 0.25) is 5.88 Å². The minimum Gasteiger partial charge on any atom is -0.473 e. The Hall–Kier alpha value is -1.29. The van der Waals surface area contributed by atoms with E-state index in [0.29, 0.717) is 0 Å². The number of nitrogens with zero attached hydrogens (tertiary/aromatic N) is 2. The van der Waals surface area contributed by atoms with Crippen LogP contribution < -0.4 is 15.0 Å². The van der Waals surface area contributed by atoms with Crippen LogP contribution in [0.15, 0.2) is 18.2 Å². The molecule has 2 fully saturated rings. The summed E-state index contributed by atoms with van der Waals surface area (Å²) in [4.78, 5) is 7.00. The van der Waals surface area contributed by atoms with Crippen LogP contribution in [-0.4, -0.2) is 37.3 Å². The molecule has 0 aliphatic carbocycles. The van der Waals surface area contributed by atoms with E-state index in [2.05, 4.69) is 27.3 Å². The van der Waals surface area contributed by atoms with E-state index >= 15 is 0 Å². The second-order valence-electron chi connectivity index (χ2n) is 5.11. The smallest absolute Gasteiger partial charge is 0.215 e. The van der Waals surface area contributed by atoms with E-state index in [9.17, 15) is 0 Å². The van der Waals surface area contributed by atoms with Gasteiger partial charge in [-0.3, -0.25) is 0 Å². The van der Waals surface area contributed by atoms with Crippen molar-refractivity contribution in [1.82, 2.24) is 10.3 Å². The summed E-state index contributed by atoms with van der Waals surface area (Å²) >= 11 is 0. The van der Waals surface area contributed by atoms with E-state index in [1.165, 1.54) is 19.3 Å². The first-order chi connectivity index (χ1) is 8.92. The highest BCUT2D eigenvalue weighted by atomic mass is 16.5. The van der Waals surface area contributed by atoms with Gasteiger partial charge in [0.05, 0.1) is 0 Å². The first-order valence-electron chi connectivity index (χ1n) is 7.01. The highest BCUT2D eigenvalue weighted by Crippen LogP contribution is 2.21. The number of anilines is 1. The third-order valence-electron chi connectivity index (χ3n) is 3.69. The fourth-order valence-electron chi connectivity index (χ4n) is 2.67. The number of hydrogen-bond acceptors (Lipinski definition) is 4. The van der Waals surface area contributed by atoms with Crippen molar-refractivity contribution in [3.05, 3.63) is 18.2 Å². The molecule has 0 radical (unpaired) electrons. The van der Waals surface area contributed by atoms with Gasteiger partial charge in [-0.05, 0) is 38.3 Å². The number of aromatic nitrogens is 1. The topological polar surface area (TPSA) is 37.4 Å². The van der Waals surface area contributed by atoms with Gasteiger partial charge in [-0.15, -0.1) is 0 Å². The monoisotopic (exact) mass is 247 g/mol. The van der Waals surface area contributed by atoms with Crippen LogP contribution in [0, 0.1) is 0 Å². The van der Waals surface area contributed by atoms with Gasteiger partial charge in [0.15, 0.2) is 0 Å². The first-order valence-corrected chi connectivity index (χ1v) is 7.01. The number of piperidine rings is 1. The molecule has 1 N–H and O–H groups in total. The minimum absolute atomic E-state index is 0.286. The van der Waals surface area contributed by atoms with Gasteiger partial charge in [-0.1, -0.05) is 6.07 Å². The Morgan fingerprint density at radius 3 is 2.89 bits per heavy atom. The van der Waals surface area contributed by atoms with Crippen molar-refractivity contribution < 1.29 is 4.74 Å². The van der Waals surface area contributed by atoms with Gasteiger partial charge in [0.25, 0.3) is 0 Å². The van der Waals surface area contributed by atoms with Gasteiger partial charge in [-0.25, -0.2) is 0 Å². The Morgan fingerprint density at radius 2 is 2.11 bits per heavy atom. The Bertz CT molecular complexity index is 384. The normalized spacial score (nSPS) is 24.2. The first kappa shape index (κ1) is 11.8. The molecule has 1 atom stereocenters. The molecule has 1 aromatic heterocycles. The lowest BCUT2D eigenvalue weighted by atomic mass is 10.1. The SMILES string of the molecule is c1cc(OC2CCNC2)nc(N2CCCCC2)c1. The van der Waals surface area contributed by atoms with Crippen LogP contribution in [0.4, 0.5) is 5.82 Å². The van der Waals surface area contributed by atoms with Gasteiger partial charge in [0, 0.05) is 25.7 Å². The van der Waals surface area contributed by atoms with Crippen molar-refractivity contribution in [3.63, 3.8) is 0 Å². The summed E-state index contributed by atoms with van der Waals surface area (Å²) in [6, 6.07) is 6.10. The summed E-state index contributed by atoms with van der Waals surface area (Å²) < 4.78 is 5.91. The molecule has 0 saturated carbocycles. The summed E-state index contributed by atoms with van der Waals surface area (Å²) in [7, 11) is 0. The quantitative estimate of drug-likeness (QED) is 0.884. The van der Waals surface area contributed by atoms with Crippen LogP contribution in [-0.2, 0) is 0 Å². The Kier molecular flexibility index (Phi) is 3.64. The number of hydrogen-bond donors (Lipinski definition) is 1. The van der Waals surface area contributed by atoms with E-state index < -0.39 is 0 Å². The number of ether oxygens (including phenoxy) is 1. The predicted octanol–water partition coefficient (Wildman–Crippen LogP) is 1.81. The van der Waals surface area contributed by atoms with Crippen LogP contribution in [0.2, 0.25) is 0 Å². The molecule has 1 unspecified atom stereocenters. The molecule has 0 spiro atoms. The van der Waals surface area contributed by atoms with E-state index in [4.69, 9.17) is 4.74 Å². The standard InChI is InChI=1S/C14H21N3O/c1-2-9-17(10-3-1)13-5-4-6-14(16-13)18-12-7-8-15-11-12/h4-6,12,15H,1-3,7-11H2. The zero-order valence-corrected chi connectivity index (χ0v) is 10.8. The summed E-state index contributed by atoms with van der Waals surface area (Å²) in [6.45, 7) is 4.25. The molecule has 2 aliphatic rings. The molecular weight excluding hydrogens is 226 g/mol. The van der Waals surface area contributed by atoms with Crippen molar-refractivity contribution in [2.24, 2.45) is 0 Å². The fraction of sp³-hybridized carbons (Fsp3) is 0.643. The summed E-state index contributed by atoms with van der Waals surface area (Å²) in [5, 5.41) is 3.31. The van der Waals surface area contributed by atoms with Crippen molar-refractivity contribution in [1.29, 1.82) is 0 Å². The molecule has 0 amide bonds. The summed E-state index contributed by atoms with van der Waals surface area (Å²) in [5.74, 6) is 1.84. The van der Waals surface area contributed by atoms with Crippen molar-refractivity contribution in [2.45, 2.75) is 31.8 Å². The maximum Gasteiger partial charge on any atom is 0.215 e. The largest absolute Gasteiger partial charge is 0.473 e. The molecule has 0 bridgehead atoms. The van der Waals surface area contributed by atoms with Crippen LogP contribution in [0.3, 0.4) is 0 Å². The Balaban J connectivity index is 1.67. The summed E-state index contributed by atoms with van der Waals surface area (Å²) in [5.41, 5.74) is 0. The highest BCUT2D eigenvalue weighted by molar-refractivity contribution is 5.40. The second-order valence-corrected chi connectivity index (χ2v) is 5.11. The zero-order chi connectivity index (χ0) is 12.2. The maximum atomic E-state index is 5.91. The number of nitrogens with one attached hydrogen (secondary N) is 1. The number of rotatable bonds is 3. The van der Waals surface area contributed by atoms with Crippen molar-refractivity contribution >= 4 is 5.82 Å². The third-order valence-corrected chi connectivity index (χ3v) is 3.69. The molecule has 2 saturated heterocycles. The lowest BCUT2D eigenvalue weighted by molar-refractivity contribution is 0.214. The van der Waals surface area contributed by atoms with E-state index in [-0.39, 0.29) is 6.10 Å². The van der Waals surface area contributed by atoms with Gasteiger partial charge in [0.1, 0.15) is 11.9 Å². The average Bonchev–Trinajstić information content (AvgIpc) is 2.93. The Morgan fingerprint density at radius 1 is 1.22 bits per heavy atom. The van der Waals surface area contributed by atoms with E-state index in [1.54, 1.807) is 0 Å². The third kappa shape index (κ3) is 2.75. The molecule has 1 aromatic rings. The molecule has 3 rings (SSSR count). The van der Waals surface area contributed by atoms with E-state index in [0.717, 1.165) is 44.3 Å². The Labute approximate surface area is 108 Å². The lowest BCUT2D eigenvalue weighted by Crippen LogP contribution is -2.30. The van der Waals surface area contributed by atoms with Gasteiger partial charge in [-0.2, -0.15) is 4.98 Å². The van der Waals surface area contributed by atoms with Crippen molar-refractivity contribution in [2.75, 3.05) is 31.1 Å². The van der Waals surface area contributed by atoms with E-state index in [1.807, 2.05) is 6.07 Å². The molecule has 2 aliphatic heterocycles.